The van der Waals surface area contributed by atoms with Crippen LogP contribution in [-0.4, -0.2) is 9.78 Å². The summed E-state index contributed by atoms with van der Waals surface area (Å²) in [4.78, 5) is 0. The molecule has 3 nitrogen and oxygen atoms in total. The van der Waals surface area contributed by atoms with Gasteiger partial charge in [-0.15, -0.1) is 0 Å². The molecule has 1 unspecified atom stereocenters. The molecule has 0 radical (unpaired) electrons. The van der Waals surface area contributed by atoms with E-state index in [1.807, 2.05) is 11.7 Å². The largest absolute Gasteiger partial charge is 0.306 e. The second kappa shape index (κ2) is 6.23. The minimum atomic E-state index is 0.346. The van der Waals surface area contributed by atoms with E-state index in [4.69, 9.17) is 0 Å². The van der Waals surface area contributed by atoms with Gasteiger partial charge in [-0.3, -0.25) is 4.68 Å². The summed E-state index contributed by atoms with van der Waals surface area (Å²) in [6.07, 6.45) is 3.09. The van der Waals surface area contributed by atoms with E-state index in [0.717, 1.165) is 13.0 Å². The quantitative estimate of drug-likeness (QED) is 0.902. The highest BCUT2D eigenvalue weighted by Gasteiger charge is 2.09. The molecular weight excluding hydrogens is 246 g/mol. The van der Waals surface area contributed by atoms with Gasteiger partial charge in [0, 0.05) is 31.4 Å². The number of hydrogen-bond donors (Lipinski definition) is 1. The van der Waals surface area contributed by atoms with Crippen LogP contribution < -0.4 is 5.32 Å². The van der Waals surface area contributed by atoms with Crippen LogP contribution in [0.2, 0.25) is 0 Å². The van der Waals surface area contributed by atoms with Crippen molar-refractivity contribution < 1.29 is 0 Å². The summed E-state index contributed by atoms with van der Waals surface area (Å²) in [7, 11) is 1.98. The molecule has 1 atom stereocenters. The average molecular weight is 271 g/mol. The zero-order valence-corrected chi connectivity index (χ0v) is 13.2. The van der Waals surface area contributed by atoms with Gasteiger partial charge in [0.25, 0.3) is 0 Å². The number of aromatic nitrogens is 2. The molecule has 1 N–H and O–H groups in total. The zero-order valence-electron chi connectivity index (χ0n) is 13.2. The third-order valence-electron chi connectivity index (χ3n) is 3.67. The van der Waals surface area contributed by atoms with Gasteiger partial charge in [0.2, 0.25) is 0 Å². The van der Waals surface area contributed by atoms with Crippen LogP contribution in [0.25, 0.3) is 0 Å². The Kier molecular flexibility index (Phi) is 4.61. The average Bonchev–Trinajstić information content (AvgIpc) is 2.75. The van der Waals surface area contributed by atoms with Gasteiger partial charge in [-0.1, -0.05) is 36.2 Å². The molecule has 3 heteroatoms. The van der Waals surface area contributed by atoms with Crippen LogP contribution >= 0.6 is 0 Å². The maximum atomic E-state index is 4.48. The molecule has 1 aromatic heterocycles. The predicted octanol–water partition coefficient (Wildman–Crippen LogP) is 3.45. The van der Waals surface area contributed by atoms with E-state index in [2.05, 4.69) is 62.5 Å². The monoisotopic (exact) mass is 271 g/mol. The van der Waals surface area contributed by atoms with Crippen LogP contribution in [0.4, 0.5) is 0 Å². The van der Waals surface area contributed by atoms with Gasteiger partial charge >= 0.3 is 0 Å². The normalized spacial score (nSPS) is 12.7. The Hall–Kier alpha value is -1.61. The summed E-state index contributed by atoms with van der Waals surface area (Å²) >= 11 is 0. The Morgan fingerprint density at radius 1 is 1.20 bits per heavy atom. The fourth-order valence-electron chi connectivity index (χ4n) is 2.67. The second-order valence-electron chi connectivity index (χ2n) is 5.65. The lowest BCUT2D eigenvalue weighted by Crippen LogP contribution is -2.18. The predicted molar refractivity (Wildman–Crippen MR) is 83.8 cm³/mol. The first-order valence-corrected chi connectivity index (χ1v) is 7.32. The van der Waals surface area contributed by atoms with Crippen molar-refractivity contribution in [1.82, 2.24) is 15.1 Å². The van der Waals surface area contributed by atoms with Gasteiger partial charge < -0.3 is 5.32 Å². The molecule has 0 saturated carbocycles. The fourth-order valence-corrected chi connectivity index (χ4v) is 2.67. The molecule has 20 heavy (non-hydrogen) atoms. The number of nitrogens with zero attached hydrogens (tertiary/aromatic N) is 2. The SMILES string of the molecule is CCc1nn(C)cc1CNC(C)c1cc(C)cc(C)c1. The van der Waals surface area contributed by atoms with E-state index in [0.29, 0.717) is 6.04 Å². The Morgan fingerprint density at radius 3 is 2.45 bits per heavy atom. The maximum absolute atomic E-state index is 4.48. The van der Waals surface area contributed by atoms with Crippen LogP contribution in [0.5, 0.6) is 0 Å². The van der Waals surface area contributed by atoms with Crippen molar-refractivity contribution in [2.45, 2.75) is 46.7 Å². The smallest absolute Gasteiger partial charge is 0.0666 e. The molecule has 0 aliphatic rings. The van der Waals surface area contributed by atoms with E-state index in [-0.39, 0.29) is 0 Å². The van der Waals surface area contributed by atoms with Gasteiger partial charge in [-0.2, -0.15) is 5.10 Å². The topological polar surface area (TPSA) is 29.9 Å². The van der Waals surface area contributed by atoms with E-state index < -0.39 is 0 Å². The van der Waals surface area contributed by atoms with Crippen LogP contribution in [0.1, 0.15) is 47.8 Å². The van der Waals surface area contributed by atoms with Crippen molar-refractivity contribution in [2.24, 2.45) is 7.05 Å². The molecule has 2 aromatic rings. The fraction of sp³-hybridized carbons (Fsp3) is 0.471. The highest BCUT2D eigenvalue weighted by atomic mass is 15.3. The lowest BCUT2D eigenvalue weighted by Gasteiger charge is -2.15. The van der Waals surface area contributed by atoms with E-state index in [9.17, 15) is 0 Å². The summed E-state index contributed by atoms with van der Waals surface area (Å²) in [5, 5.41) is 8.09. The molecule has 0 saturated heterocycles. The van der Waals surface area contributed by atoms with Gasteiger partial charge in [0.05, 0.1) is 5.69 Å². The highest BCUT2D eigenvalue weighted by molar-refractivity contribution is 5.30. The number of aryl methyl sites for hydroxylation is 4. The van der Waals surface area contributed by atoms with Crippen molar-refractivity contribution in [3.63, 3.8) is 0 Å². The number of hydrogen-bond acceptors (Lipinski definition) is 2. The molecule has 0 amide bonds. The van der Waals surface area contributed by atoms with Gasteiger partial charge in [0.1, 0.15) is 0 Å². The third kappa shape index (κ3) is 3.48. The van der Waals surface area contributed by atoms with Gasteiger partial charge in [-0.25, -0.2) is 0 Å². The van der Waals surface area contributed by atoms with Crippen LogP contribution in [0.15, 0.2) is 24.4 Å². The van der Waals surface area contributed by atoms with Crippen molar-refractivity contribution in [3.8, 4) is 0 Å². The van der Waals surface area contributed by atoms with Crippen LogP contribution in [0, 0.1) is 13.8 Å². The minimum absolute atomic E-state index is 0.346. The lowest BCUT2D eigenvalue weighted by molar-refractivity contribution is 0.572. The molecule has 0 aliphatic heterocycles. The zero-order chi connectivity index (χ0) is 14.7. The molecule has 2 rings (SSSR count). The number of benzene rings is 1. The van der Waals surface area contributed by atoms with Crippen molar-refractivity contribution in [1.29, 1.82) is 0 Å². The molecule has 1 heterocycles. The maximum Gasteiger partial charge on any atom is 0.0666 e. The Balaban J connectivity index is 2.06. The molecule has 1 aromatic carbocycles. The molecule has 108 valence electrons. The van der Waals surface area contributed by atoms with Crippen molar-refractivity contribution in [2.75, 3.05) is 0 Å². The summed E-state index contributed by atoms with van der Waals surface area (Å²) in [6, 6.07) is 7.08. The minimum Gasteiger partial charge on any atom is -0.306 e. The third-order valence-corrected chi connectivity index (χ3v) is 3.67. The summed E-state index contributed by atoms with van der Waals surface area (Å²) < 4.78 is 1.90. The molecule has 0 spiro atoms. The number of rotatable bonds is 5. The summed E-state index contributed by atoms with van der Waals surface area (Å²) in [5.74, 6) is 0. The second-order valence-corrected chi connectivity index (χ2v) is 5.65. The number of nitrogens with one attached hydrogen (secondary N) is 1. The summed E-state index contributed by atoms with van der Waals surface area (Å²) in [5.41, 5.74) is 6.48. The Labute approximate surface area is 122 Å². The Morgan fingerprint density at radius 2 is 1.85 bits per heavy atom. The van der Waals surface area contributed by atoms with Gasteiger partial charge in [0.15, 0.2) is 0 Å². The van der Waals surface area contributed by atoms with E-state index >= 15 is 0 Å². The lowest BCUT2D eigenvalue weighted by atomic mass is 10.0. The first kappa shape index (κ1) is 14.8. The van der Waals surface area contributed by atoms with Crippen molar-refractivity contribution in [3.05, 3.63) is 52.3 Å². The highest BCUT2D eigenvalue weighted by Crippen LogP contribution is 2.17. The van der Waals surface area contributed by atoms with Gasteiger partial charge in [-0.05, 0) is 32.8 Å². The first-order valence-electron chi connectivity index (χ1n) is 7.32. The van der Waals surface area contributed by atoms with Crippen molar-refractivity contribution >= 4 is 0 Å². The van der Waals surface area contributed by atoms with Crippen LogP contribution in [0.3, 0.4) is 0 Å². The van der Waals surface area contributed by atoms with Crippen LogP contribution in [-0.2, 0) is 20.0 Å². The molecule has 0 bridgehead atoms. The molecule has 0 aliphatic carbocycles. The molecule has 0 fully saturated rings. The Bertz CT molecular complexity index is 564. The summed E-state index contributed by atoms with van der Waals surface area (Å²) in [6.45, 7) is 9.54. The first-order chi connectivity index (χ1) is 9.49. The van der Waals surface area contributed by atoms with E-state index in [1.165, 1.54) is 27.9 Å². The van der Waals surface area contributed by atoms with E-state index in [1.54, 1.807) is 0 Å². The standard InChI is InChI=1S/C17H25N3/c1-6-17-16(11-20(5)19-17)10-18-14(4)15-8-12(2)7-13(3)9-15/h7-9,11,14,18H,6,10H2,1-5H3. The molecular formula is C17H25N3.